The highest BCUT2D eigenvalue weighted by atomic mass is 16.5. The monoisotopic (exact) mass is 456 g/mol. The van der Waals surface area contributed by atoms with E-state index in [1.54, 1.807) is 39.7 Å². The molecule has 7 nitrogen and oxygen atoms in total. The van der Waals surface area contributed by atoms with Gasteiger partial charge in [-0.25, -0.2) is 4.98 Å². The predicted molar refractivity (Wildman–Crippen MR) is 128 cm³/mol. The van der Waals surface area contributed by atoms with Crippen LogP contribution in [0.4, 0.5) is 0 Å². The van der Waals surface area contributed by atoms with Crippen molar-refractivity contribution in [1.82, 2.24) is 10.3 Å². The van der Waals surface area contributed by atoms with Crippen molar-refractivity contribution in [2.45, 2.75) is 51.4 Å². The van der Waals surface area contributed by atoms with Crippen LogP contribution in [0.1, 0.15) is 61.9 Å². The number of carbonyl (C=O) groups is 1. The van der Waals surface area contributed by atoms with Crippen LogP contribution in [0, 0.1) is 5.92 Å². The van der Waals surface area contributed by atoms with E-state index in [1.807, 2.05) is 12.1 Å². The van der Waals surface area contributed by atoms with Gasteiger partial charge in [0.05, 0.1) is 27.9 Å². The Labute approximate surface area is 196 Å². The molecule has 0 unspecified atom stereocenters. The standard InChI is InChI=1S/C26H36N2O5/c1-18(2)10-14-33-25-20(9-8-13-27-25)24(29)28-17-26(11-6-7-12-26)19-15-21(30-3)23(32-5)22(16-19)31-4/h8-9,13,15-16,18H,6-7,10-12,14,17H2,1-5H3,(H,28,29). The van der Waals surface area contributed by atoms with Crippen molar-refractivity contribution in [1.29, 1.82) is 0 Å². The highest BCUT2D eigenvalue weighted by Gasteiger charge is 2.37. The first-order valence-corrected chi connectivity index (χ1v) is 11.6. The molecule has 1 amide bonds. The molecule has 0 spiro atoms. The third-order valence-corrected chi connectivity index (χ3v) is 6.37. The molecular formula is C26H36N2O5. The average Bonchev–Trinajstić information content (AvgIpc) is 3.31. The SMILES string of the molecule is COc1cc(C2(CNC(=O)c3cccnc3OCCC(C)C)CCCC2)cc(OC)c1OC. The summed E-state index contributed by atoms with van der Waals surface area (Å²) >= 11 is 0. The van der Waals surface area contributed by atoms with Gasteiger partial charge in [0.2, 0.25) is 11.6 Å². The van der Waals surface area contributed by atoms with Gasteiger partial charge in [-0.1, -0.05) is 26.7 Å². The molecular weight excluding hydrogens is 420 g/mol. The first-order chi connectivity index (χ1) is 15.9. The van der Waals surface area contributed by atoms with Crippen LogP contribution in [-0.4, -0.2) is 45.4 Å². The molecule has 180 valence electrons. The van der Waals surface area contributed by atoms with Gasteiger partial charge >= 0.3 is 0 Å². The summed E-state index contributed by atoms with van der Waals surface area (Å²) in [5.74, 6) is 2.53. The third kappa shape index (κ3) is 5.70. The van der Waals surface area contributed by atoms with E-state index in [2.05, 4.69) is 24.1 Å². The van der Waals surface area contributed by atoms with Gasteiger partial charge in [0.15, 0.2) is 11.5 Å². The minimum absolute atomic E-state index is 0.179. The summed E-state index contributed by atoms with van der Waals surface area (Å²) in [7, 11) is 4.83. The van der Waals surface area contributed by atoms with Crippen LogP contribution in [0.5, 0.6) is 23.1 Å². The van der Waals surface area contributed by atoms with Crippen LogP contribution in [0.3, 0.4) is 0 Å². The molecule has 0 bridgehead atoms. The summed E-state index contributed by atoms with van der Waals surface area (Å²) in [6.45, 7) is 5.31. The normalized spacial score (nSPS) is 14.7. The zero-order valence-electron chi connectivity index (χ0n) is 20.4. The highest BCUT2D eigenvalue weighted by molar-refractivity contribution is 5.96. The number of hydrogen-bond acceptors (Lipinski definition) is 6. The Kier molecular flexibility index (Phi) is 8.42. The lowest BCUT2D eigenvalue weighted by Gasteiger charge is -2.31. The van der Waals surface area contributed by atoms with Crippen LogP contribution in [0.25, 0.3) is 0 Å². The molecule has 33 heavy (non-hydrogen) atoms. The van der Waals surface area contributed by atoms with Crippen LogP contribution in [-0.2, 0) is 5.41 Å². The van der Waals surface area contributed by atoms with Crippen LogP contribution < -0.4 is 24.3 Å². The minimum Gasteiger partial charge on any atom is -0.493 e. The smallest absolute Gasteiger partial charge is 0.256 e. The van der Waals surface area contributed by atoms with Gasteiger partial charge in [-0.15, -0.1) is 0 Å². The number of aromatic nitrogens is 1. The topological polar surface area (TPSA) is 78.9 Å². The quantitative estimate of drug-likeness (QED) is 0.525. The zero-order valence-corrected chi connectivity index (χ0v) is 20.4. The molecule has 1 aromatic heterocycles. The second-order valence-corrected chi connectivity index (χ2v) is 8.97. The number of carbonyl (C=O) groups excluding carboxylic acids is 1. The Bertz CT molecular complexity index is 913. The third-order valence-electron chi connectivity index (χ3n) is 6.37. The molecule has 1 heterocycles. The molecule has 0 radical (unpaired) electrons. The van der Waals surface area contributed by atoms with Crippen LogP contribution >= 0.6 is 0 Å². The molecule has 1 fully saturated rings. The number of nitrogens with one attached hydrogen (secondary N) is 1. The molecule has 3 rings (SSSR count). The van der Waals surface area contributed by atoms with Crippen LogP contribution in [0.15, 0.2) is 30.5 Å². The molecule has 0 saturated heterocycles. The van der Waals surface area contributed by atoms with E-state index in [0.29, 0.717) is 47.8 Å². The van der Waals surface area contributed by atoms with Crippen molar-refractivity contribution in [3.63, 3.8) is 0 Å². The predicted octanol–water partition coefficient (Wildman–Crippen LogP) is 4.77. The summed E-state index contributed by atoms with van der Waals surface area (Å²) in [5.41, 5.74) is 1.33. The Morgan fingerprint density at radius 1 is 1.09 bits per heavy atom. The van der Waals surface area contributed by atoms with Crippen molar-refractivity contribution in [2.75, 3.05) is 34.5 Å². The van der Waals surface area contributed by atoms with Gasteiger partial charge < -0.3 is 24.3 Å². The highest BCUT2D eigenvalue weighted by Crippen LogP contribution is 2.47. The first-order valence-electron chi connectivity index (χ1n) is 11.6. The van der Waals surface area contributed by atoms with Crippen molar-refractivity contribution in [3.05, 3.63) is 41.6 Å². The van der Waals surface area contributed by atoms with Crippen molar-refractivity contribution in [3.8, 4) is 23.1 Å². The Balaban J connectivity index is 1.81. The van der Waals surface area contributed by atoms with E-state index in [0.717, 1.165) is 37.7 Å². The zero-order chi connectivity index (χ0) is 23.8. The maximum absolute atomic E-state index is 13.1. The van der Waals surface area contributed by atoms with Gasteiger partial charge in [0.25, 0.3) is 5.91 Å². The van der Waals surface area contributed by atoms with Gasteiger partial charge in [0.1, 0.15) is 5.56 Å². The summed E-state index contributed by atoms with van der Waals surface area (Å²) in [4.78, 5) is 17.4. The lowest BCUT2D eigenvalue weighted by molar-refractivity contribution is 0.0937. The van der Waals surface area contributed by atoms with E-state index in [4.69, 9.17) is 18.9 Å². The molecule has 1 N–H and O–H groups in total. The number of rotatable bonds is 11. The molecule has 7 heteroatoms. The number of benzene rings is 1. The van der Waals surface area contributed by atoms with E-state index in [-0.39, 0.29) is 11.3 Å². The number of hydrogen-bond donors (Lipinski definition) is 1. The molecule has 1 aliphatic rings. The van der Waals surface area contributed by atoms with Crippen molar-refractivity contribution in [2.24, 2.45) is 5.92 Å². The Morgan fingerprint density at radius 2 is 1.76 bits per heavy atom. The van der Waals surface area contributed by atoms with Gasteiger partial charge in [-0.2, -0.15) is 0 Å². The lowest BCUT2D eigenvalue weighted by atomic mass is 9.78. The van der Waals surface area contributed by atoms with Gasteiger partial charge in [-0.3, -0.25) is 4.79 Å². The number of amides is 1. The van der Waals surface area contributed by atoms with E-state index < -0.39 is 0 Å². The van der Waals surface area contributed by atoms with Gasteiger partial charge in [-0.05, 0) is 55.0 Å². The molecule has 1 saturated carbocycles. The molecule has 1 aliphatic carbocycles. The summed E-state index contributed by atoms with van der Waals surface area (Å²) in [6.07, 6.45) is 6.69. The summed E-state index contributed by atoms with van der Waals surface area (Å²) < 4.78 is 22.4. The average molecular weight is 457 g/mol. The van der Waals surface area contributed by atoms with Crippen LogP contribution in [0.2, 0.25) is 0 Å². The van der Waals surface area contributed by atoms with Crippen molar-refractivity contribution >= 4 is 5.91 Å². The fourth-order valence-corrected chi connectivity index (χ4v) is 4.42. The van der Waals surface area contributed by atoms with E-state index in [9.17, 15) is 4.79 Å². The number of ether oxygens (including phenoxy) is 4. The lowest BCUT2D eigenvalue weighted by Crippen LogP contribution is -2.39. The number of nitrogens with zero attached hydrogens (tertiary/aromatic N) is 1. The maximum atomic E-state index is 13.1. The second-order valence-electron chi connectivity index (χ2n) is 8.97. The van der Waals surface area contributed by atoms with Gasteiger partial charge in [0, 0.05) is 18.2 Å². The largest absolute Gasteiger partial charge is 0.493 e. The molecule has 1 aromatic carbocycles. The first kappa shape index (κ1) is 24.7. The fourth-order valence-electron chi connectivity index (χ4n) is 4.42. The Morgan fingerprint density at radius 3 is 2.33 bits per heavy atom. The van der Waals surface area contributed by atoms with E-state index in [1.165, 1.54) is 0 Å². The van der Waals surface area contributed by atoms with E-state index >= 15 is 0 Å². The fraction of sp³-hybridized carbons (Fsp3) is 0.538. The summed E-state index contributed by atoms with van der Waals surface area (Å²) in [6, 6.07) is 7.52. The number of methoxy groups -OCH3 is 3. The number of pyridine rings is 1. The maximum Gasteiger partial charge on any atom is 0.256 e. The molecule has 0 atom stereocenters. The molecule has 2 aromatic rings. The molecule has 0 aliphatic heterocycles. The minimum atomic E-state index is -0.205. The summed E-state index contributed by atoms with van der Waals surface area (Å²) in [5, 5.41) is 3.15. The second kappa shape index (κ2) is 11.3. The Hall–Kier alpha value is -2.96. The van der Waals surface area contributed by atoms with Crippen molar-refractivity contribution < 1.29 is 23.7 Å².